The molecule has 0 saturated heterocycles. The van der Waals surface area contributed by atoms with Crippen molar-refractivity contribution < 1.29 is 9.18 Å². The summed E-state index contributed by atoms with van der Waals surface area (Å²) in [5.74, 6) is -0.599. The lowest BCUT2D eigenvalue weighted by molar-refractivity contribution is 0.101. The molecule has 1 amide bonds. The van der Waals surface area contributed by atoms with Crippen LogP contribution in [-0.4, -0.2) is 21.1 Å². The van der Waals surface area contributed by atoms with E-state index >= 15 is 0 Å². The van der Waals surface area contributed by atoms with E-state index in [9.17, 15) is 9.18 Å². The number of hydrogen-bond donors (Lipinski definition) is 2. The van der Waals surface area contributed by atoms with Crippen molar-refractivity contribution in [2.24, 2.45) is 0 Å². The van der Waals surface area contributed by atoms with Crippen LogP contribution < -0.4 is 5.32 Å². The van der Waals surface area contributed by atoms with Gasteiger partial charge in [0, 0.05) is 5.92 Å². The molecular weight excluding hydrogens is 271 g/mol. The van der Waals surface area contributed by atoms with Crippen molar-refractivity contribution in [3.05, 3.63) is 40.7 Å². The van der Waals surface area contributed by atoms with Crippen molar-refractivity contribution in [3.63, 3.8) is 0 Å². The Balaban J connectivity index is 2.18. The fourth-order valence-corrected chi connectivity index (χ4v) is 1.59. The van der Waals surface area contributed by atoms with Gasteiger partial charge in [-0.05, 0) is 12.1 Å². The summed E-state index contributed by atoms with van der Waals surface area (Å²) in [6.07, 6.45) is 0. The molecule has 1 aromatic carbocycles. The Kier molecular flexibility index (Phi) is 3.80. The number of carbonyl (C=O) groups excluding carboxylic acids is 1. The molecule has 0 aliphatic carbocycles. The summed E-state index contributed by atoms with van der Waals surface area (Å²) in [6, 6.07) is 4.35. The molecule has 0 saturated carbocycles. The van der Waals surface area contributed by atoms with Crippen LogP contribution >= 0.6 is 11.6 Å². The summed E-state index contributed by atoms with van der Waals surface area (Å²) >= 11 is 5.63. The van der Waals surface area contributed by atoms with Crippen LogP contribution in [0.25, 0.3) is 0 Å². The zero-order valence-electron chi connectivity index (χ0n) is 10.4. The minimum Gasteiger partial charge on any atom is -0.317 e. The molecule has 0 aliphatic rings. The number of hydrogen-bond acceptors (Lipinski definition) is 3. The minimum absolute atomic E-state index is 0.00611. The van der Waals surface area contributed by atoms with Gasteiger partial charge >= 0.3 is 0 Å². The lowest BCUT2D eigenvalue weighted by atomic mass is 10.2. The molecule has 7 heteroatoms. The number of carbonyl (C=O) groups is 1. The molecule has 0 atom stereocenters. The van der Waals surface area contributed by atoms with Crippen molar-refractivity contribution in [1.29, 1.82) is 0 Å². The van der Waals surface area contributed by atoms with Gasteiger partial charge < -0.3 is 5.32 Å². The normalized spacial score (nSPS) is 10.8. The third-order valence-corrected chi connectivity index (χ3v) is 2.74. The second-order valence-corrected chi connectivity index (χ2v) is 4.66. The van der Waals surface area contributed by atoms with Gasteiger partial charge in [0.1, 0.15) is 5.82 Å². The molecule has 19 heavy (non-hydrogen) atoms. The highest BCUT2D eigenvalue weighted by molar-refractivity contribution is 6.31. The van der Waals surface area contributed by atoms with Crippen molar-refractivity contribution in [2.75, 3.05) is 5.32 Å². The van der Waals surface area contributed by atoms with E-state index in [0.29, 0.717) is 5.82 Å². The van der Waals surface area contributed by atoms with Gasteiger partial charge in [-0.3, -0.25) is 9.89 Å². The summed E-state index contributed by atoms with van der Waals surface area (Å²) < 4.78 is 13.6. The largest absolute Gasteiger partial charge is 0.317 e. The summed E-state index contributed by atoms with van der Waals surface area (Å²) in [7, 11) is 0. The zero-order chi connectivity index (χ0) is 14.0. The van der Waals surface area contributed by atoms with Gasteiger partial charge in [-0.1, -0.05) is 31.5 Å². The highest BCUT2D eigenvalue weighted by Gasteiger charge is 2.16. The summed E-state index contributed by atoms with van der Waals surface area (Å²) in [5.41, 5.74) is -0.00611. The molecule has 2 N–H and O–H groups in total. The van der Waals surface area contributed by atoms with E-state index in [1.54, 1.807) is 6.07 Å². The molecule has 0 bridgehead atoms. The van der Waals surface area contributed by atoms with E-state index in [1.807, 2.05) is 13.8 Å². The maximum Gasteiger partial charge on any atom is 0.295 e. The third kappa shape index (κ3) is 2.90. The number of amides is 1. The van der Waals surface area contributed by atoms with E-state index in [-0.39, 0.29) is 22.5 Å². The second kappa shape index (κ2) is 5.36. The number of rotatable bonds is 3. The Bertz CT molecular complexity index is 612. The van der Waals surface area contributed by atoms with Gasteiger partial charge in [-0.2, -0.15) is 0 Å². The number of aromatic amines is 1. The first-order valence-corrected chi connectivity index (χ1v) is 6.04. The van der Waals surface area contributed by atoms with Crippen LogP contribution in [0.3, 0.4) is 0 Å². The topological polar surface area (TPSA) is 70.7 Å². The van der Waals surface area contributed by atoms with E-state index in [4.69, 9.17) is 11.6 Å². The zero-order valence-corrected chi connectivity index (χ0v) is 11.1. The number of halogens is 2. The SMILES string of the molecule is CC(C)c1nc(C(=O)Nc2cccc(Cl)c2F)n[nH]1. The maximum atomic E-state index is 13.6. The van der Waals surface area contributed by atoms with Crippen molar-refractivity contribution >= 4 is 23.2 Å². The van der Waals surface area contributed by atoms with Crippen molar-refractivity contribution in [3.8, 4) is 0 Å². The molecule has 0 spiro atoms. The number of benzene rings is 1. The van der Waals surface area contributed by atoms with Crippen LogP contribution in [0.1, 0.15) is 36.2 Å². The summed E-state index contributed by atoms with van der Waals surface area (Å²) in [6.45, 7) is 3.83. The molecule has 0 unspecified atom stereocenters. The molecule has 100 valence electrons. The fraction of sp³-hybridized carbons (Fsp3) is 0.250. The van der Waals surface area contributed by atoms with Crippen molar-refractivity contribution in [1.82, 2.24) is 15.2 Å². The Morgan fingerprint density at radius 2 is 2.21 bits per heavy atom. The lowest BCUT2D eigenvalue weighted by Gasteiger charge is -2.04. The van der Waals surface area contributed by atoms with Gasteiger partial charge in [0.05, 0.1) is 10.7 Å². The molecule has 0 aliphatic heterocycles. The second-order valence-electron chi connectivity index (χ2n) is 4.25. The molecule has 2 aromatic rings. The van der Waals surface area contributed by atoms with Crippen LogP contribution in [0.5, 0.6) is 0 Å². The van der Waals surface area contributed by atoms with E-state index < -0.39 is 11.7 Å². The van der Waals surface area contributed by atoms with Gasteiger partial charge in [-0.15, -0.1) is 5.10 Å². The minimum atomic E-state index is -0.683. The summed E-state index contributed by atoms with van der Waals surface area (Å²) in [4.78, 5) is 15.9. The molecule has 5 nitrogen and oxygen atoms in total. The lowest BCUT2D eigenvalue weighted by Crippen LogP contribution is -2.15. The van der Waals surface area contributed by atoms with Gasteiger partial charge in [0.15, 0.2) is 5.82 Å². The Morgan fingerprint density at radius 3 is 2.84 bits per heavy atom. The van der Waals surface area contributed by atoms with Crippen LogP contribution in [-0.2, 0) is 0 Å². The van der Waals surface area contributed by atoms with Crippen LogP contribution in [0.4, 0.5) is 10.1 Å². The first-order chi connectivity index (χ1) is 8.99. The first-order valence-electron chi connectivity index (χ1n) is 5.66. The molecule has 1 heterocycles. The smallest absolute Gasteiger partial charge is 0.295 e. The molecule has 1 aromatic heterocycles. The highest BCUT2D eigenvalue weighted by atomic mass is 35.5. The third-order valence-electron chi connectivity index (χ3n) is 2.45. The number of aromatic nitrogens is 3. The quantitative estimate of drug-likeness (QED) is 0.909. The number of nitrogens with one attached hydrogen (secondary N) is 2. The van der Waals surface area contributed by atoms with Crippen LogP contribution in [0.2, 0.25) is 5.02 Å². The van der Waals surface area contributed by atoms with Crippen LogP contribution in [0.15, 0.2) is 18.2 Å². The monoisotopic (exact) mass is 282 g/mol. The van der Waals surface area contributed by atoms with Gasteiger partial charge in [-0.25, -0.2) is 9.37 Å². The molecule has 0 radical (unpaired) electrons. The van der Waals surface area contributed by atoms with Gasteiger partial charge in [0.2, 0.25) is 5.82 Å². The number of H-pyrrole nitrogens is 1. The Morgan fingerprint density at radius 1 is 1.47 bits per heavy atom. The first kappa shape index (κ1) is 13.5. The maximum absolute atomic E-state index is 13.6. The molecule has 2 rings (SSSR count). The van der Waals surface area contributed by atoms with Crippen LogP contribution in [0, 0.1) is 5.82 Å². The predicted octanol–water partition coefficient (Wildman–Crippen LogP) is 2.97. The Hall–Kier alpha value is -1.95. The number of nitrogens with zero attached hydrogens (tertiary/aromatic N) is 2. The van der Waals surface area contributed by atoms with E-state index in [0.717, 1.165) is 0 Å². The van der Waals surface area contributed by atoms with Gasteiger partial charge in [0.25, 0.3) is 5.91 Å². The average Bonchev–Trinajstić information content (AvgIpc) is 2.84. The fourth-order valence-electron chi connectivity index (χ4n) is 1.41. The number of anilines is 1. The average molecular weight is 283 g/mol. The standard InChI is InChI=1S/C12H12ClFN4O/c1-6(2)10-16-11(18-17-10)12(19)15-8-5-3-4-7(13)9(8)14/h3-6H,1-2H3,(H,15,19)(H,16,17,18). The van der Waals surface area contributed by atoms with Crippen molar-refractivity contribution in [2.45, 2.75) is 19.8 Å². The Labute approximate surface area is 114 Å². The molecular formula is C12H12ClFN4O. The molecule has 0 fully saturated rings. The van der Waals surface area contributed by atoms with E-state index in [2.05, 4.69) is 20.5 Å². The highest BCUT2D eigenvalue weighted by Crippen LogP contribution is 2.22. The predicted molar refractivity (Wildman–Crippen MR) is 69.8 cm³/mol. The van der Waals surface area contributed by atoms with E-state index in [1.165, 1.54) is 12.1 Å². The summed E-state index contributed by atoms with van der Waals surface area (Å²) in [5, 5.41) is 8.75.